The predicted molar refractivity (Wildman–Crippen MR) is 63.7 cm³/mol. The highest BCUT2D eigenvalue weighted by Gasteiger charge is 2.14. The summed E-state index contributed by atoms with van der Waals surface area (Å²) in [6.45, 7) is 4.18. The van der Waals surface area contributed by atoms with Gasteiger partial charge in [0.1, 0.15) is 0 Å². The van der Waals surface area contributed by atoms with Crippen molar-refractivity contribution in [3.63, 3.8) is 0 Å². The van der Waals surface area contributed by atoms with Crippen LogP contribution >= 0.6 is 0 Å². The molecule has 4 heteroatoms. The lowest BCUT2D eigenvalue weighted by atomic mass is 9.96. The molecule has 0 aliphatic rings. The molecule has 0 fully saturated rings. The van der Waals surface area contributed by atoms with Crippen LogP contribution in [-0.4, -0.2) is 10.2 Å². The van der Waals surface area contributed by atoms with E-state index in [4.69, 9.17) is 11.5 Å². The third-order valence-electron chi connectivity index (χ3n) is 2.92. The summed E-state index contributed by atoms with van der Waals surface area (Å²) < 4.78 is 0. The van der Waals surface area contributed by atoms with Gasteiger partial charge < -0.3 is 11.5 Å². The molecule has 0 unspecified atom stereocenters. The van der Waals surface area contributed by atoms with Crippen LogP contribution in [0.4, 0.5) is 11.4 Å². The second-order valence-electron chi connectivity index (χ2n) is 3.65. The smallest absolute Gasteiger partial charge is 0.0903 e. The number of aromatic amines is 1. The van der Waals surface area contributed by atoms with Gasteiger partial charge in [-0.25, -0.2) is 0 Å². The van der Waals surface area contributed by atoms with Crippen molar-refractivity contribution in [1.82, 2.24) is 10.2 Å². The lowest BCUT2D eigenvalue weighted by Gasteiger charge is -2.13. The van der Waals surface area contributed by atoms with E-state index >= 15 is 0 Å². The average Bonchev–Trinajstić information content (AvgIpc) is 2.72. The molecule has 0 amide bonds. The van der Waals surface area contributed by atoms with Gasteiger partial charge in [0.05, 0.1) is 17.4 Å². The van der Waals surface area contributed by atoms with Crippen molar-refractivity contribution in [2.75, 3.05) is 11.5 Å². The van der Waals surface area contributed by atoms with E-state index in [9.17, 15) is 0 Å². The van der Waals surface area contributed by atoms with Gasteiger partial charge in [0.2, 0.25) is 0 Å². The molecule has 5 N–H and O–H groups in total. The molecule has 0 saturated heterocycles. The summed E-state index contributed by atoms with van der Waals surface area (Å²) in [6, 6.07) is 0. The largest absolute Gasteiger partial charge is 0.398 e. The number of nitrogen functional groups attached to an aromatic ring is 2. The number of aromatic nitrogens is 2. The van der Waals surface area contributed by atoms with Gasteiger partial charge in [-0.1, -0.05) is 13.8 Å². The first-order valence-corrected chi connectivity index (χ1v) is 5.22. The summed E-state index contributed by atoms with van der Waals surface area (Å²) in [6.07, 6.45) is 3.54. The van der Waals surface area contributed by atoms with Crippen LogP contribution in [0.1, 0.15) is 25.0 Å². The highest BCUT2D eigenvalue weighted by atomic mass is 15.1. The van der Waals surface area contributed by atoms with Crippen LogP contribution in [0.2, 0.25) is 0 Å². The summed E-state index contributed by atoms with van der Waals surface area (Å²) in [5, 5.41) is 7.82. The molecule has 1 aromatic carbocycles. The second-order valence-corrected chi connectivity index (χ2v) is 3.65. The first kappa shape index (κ1) is 9.83. The molecule has 1 heterocycles. The first-order valence-electron chi connectivity index (χ1n) is 5.22. The Labute approximate surface area is 88.6 Å². The lowest BCUT2D eigenvalue weighted by Crippen LogP contribution is -2.04. The Morgan fingerprint density at radius 2 is 1.73 bits per heavy atom. The van der Waals surface area contributed by atoms with E-state index < -0.39 is 0 Å². The van der Waals surface area contributed by atoms with Crippen LogP contribution in [0.15, 0.2) is 6.20 Å². The Morgan fingerprint density at radius 1 is 1.13 bits per heavy atom. The zero-order valence-electron chi connectivity index (χ0n) is 9.09. The molecular weight excluding hydrogens is 188 g/mol. The number of anilines is 2. The number of nitrogens with zero attached hydrogens (tertiary/aromatic N) is 1. The van der Waals surface area contributed by atoms with Crippen molar-refractivity contribution in [3.05, 3.63) is 17.3 Å². The predicted octanol–water partition coefficient (Wildman–Crippen LogP) is 1.85. The Hall–Kier alpha value is -1.71. The minimum Gasteiger partial charge on any atom is -0.398 e. The van der Waals surface area contributed by atoms with E-state index in [1.54, 1.807) is 6.20 Å². The van der Waals surface area contributed by atoms with Gasteiger partial charge in [0.25, 0.3) is 0 Å². The molecular formula is C11H16N4. The molecule has 4 nitrogen and oxygen atoms in total. The molecule has 0 atom stereocenters. The number of hydrogen-bond donors (Lipinski definition) is 3. The topological polar surface area (TPSA) is 80.7 Å². The third-order valence-corrected chi connectivity index (χ3v) is 2.92. The molecule has 1 aromatic heterocycles. The minimum atomic E-state index is 0.788. The summed E-state index contributed by atoms with van der Waals surface area (Å²) in [5.74, 6) is 0. The standard InChI is InChI=1S/C11H16N4/c1-3-6-7(4-2)10(13)11-8(9(6)12)5-14-15-11/h5H,3-4,12-13H2,1-2H3,(H,14,15). The first-order chi connectivity index (χ1) is 7.20. The number of H-pyrrole nitrogens is 1. The van der Waals surface area contributed by atoms with E-state index in [1.807, 2.05) is 0 Å². The molecule has 0 saturated carbocycles. The third kappa shape index (κ3) is 1.25. The zero-order chi connectivity index (χ0) is 11.0. The molecule has 0 aliphatic carbocycles. The highest BCUT2D eigenvalue weighted by Crippen LogP contribution is 2.33. The van der Waals surface area contributed by atoms with E-state index in [0.717, 1.165) is 46.2 Å². The molecule has 15 heavy (non-hydrogen) atoms. The Bertz CT molecular complexity index is 455. The Morgan fingerprint density at radius 3 is 2.33 bits per heavy atom. The van der Waals surface area contributed by atoms with Gasteiger partial charge in [0, 0.05) is 11.1 Å². The van der Waals surface area contributed by atoms with Crippen molar-refractivity contribution in [2.45, 2.75) is 26.7 Å². The van der Waals surface area contributed by atoms with Crippen molar-refractivity contribution in [1.29, 1.82) is 0 Å². The van der Waals surface area contributed by atoms with Crippen molar-refractivity contribution >= 4 is 22.3 Å². The average molecular weight is 204 g/mol. The van der Waals surface area contributed by atoms with Gasteiger partial charge in [-0.05, 0) is 24.0 Å². The van der Waals surface area contributed by atoms with Crippen LogP contribution in [0.25, 0.3) is 10.9 Å². The quantitative estimate of drug-likeness (QED) is 0.653. The fourth-order valence-electron chi connectivity index (χ4n) is 2.14. The SMILES string of the molecule is CCc1c(CC)c(N)c2[nH]ncc2c1N. The van der Waals surface area contributed by atoms with Gasteiger partial charge in [-0.2, -0.15) is 5.10 Å². The van der Waals surface area contributed by atoms with Gasteiger partial charge in [0.15, 0.2) is 0 Å². The molecule has 0 aliphatic heterocycles. The van der Waals surface area contributed by atoms with Gasteiger partial charge >= 0.3 is 0 Å². The maximum Gasteiger partial charge on any atom is 0.0903 e. The second kappa shape index (κ2) is 3.46. The van der Waals surface area contributed by atoms with E-state index in [0.29, 0.717) is 0 Å². The van der Waals surface area contributed by atoms with Crippen LogP contribution in [-0.2, 0) is 12.8 Å². The Kier molecular flexibility index (Phi) is 2.26. The molecule has 2 rings (SSSR count). The fourth-order valence-corrected chi connectivity index (χ4v) is 2.14. The number of rotatable bonds is 2. The van der Waals surface area contributed by atoms with Gasteiger partial charge in [-0.15, -0.1) is 0 Å². The monoisotopic (exact) mass is 204 g/mol. The highest BCUT2D eigenvalue weighted by molar-refractivity contribution is 6.00. The van der Waals surface area contributed by atoms with Crippen LogP contribution < -0.4 is 11.5 Å². The van der Waals surface area contributed by atoms with Crippen molar-refractivity contribution < 1.29 is 0 Å². The van der Waals surface area contributed by atoms with E-state index in [1.165, 1.54) is 0 Å². The molecule has 0 spiro atoms. The van der Waals surface area contributed by atoms with Gasteiger partial charge in [-0.3, -0.25) is 5.10 Å². The fraction of sp³-hybridized carbons (Fsp3) is 0.364. The molecule has 80 valence electrons. The maximum atomic E-state index is 6.10. The minimum absolute atomic E-state index is 0.788. The normalized spacial score (nSPS) is 11.1. The number of hydrogen-bond acceptors (Lipinski definition) is 3. The number of benzene rings is 1. The van der Waals surface area contributed by atoms with E-state index in [2.05, 4.69) is 24.0 Å². The lowest BCUT2D eigenvalue weighted by molar-refractivity contribution is 1.05. The van der Waals surface area contributed by atoms with E-state index in [-0.39, 0.29) is 0 Å². The molecule has 0 bridgehead atoms. The molecule has 0 radical (unpaired) electrons. The summed E-state index contributed by atoms with van der Waals surface area (Å²) in [5.41, 5.74) is 17.0. The summed E-state index contributed by atoms with van der Waals surface area (Å²) in [4.78, 5) is 0. The van der Waals surface area contributed by atoms with Crippen LogP contribution in [0.5, 0.6) is 0 Å². The van der Waals surface area contributed by atoms with Crippen molar-refractivity contribution in [3.8, 4) is 0 Å². The zero-order valence-corrected chi connectivity index (χ0v) is 9.09. The van der Waals surface area contributed by atoms with Crippen LogP contribution in [0, 0.1) is 0 Å². The van der Waals surface area contributed by atoms with Crippen molar-refractivity contribution in [2.24, 2.45) is 0 Å². The molecule has 2 aromatic rings. The van der Waals surface area contributed by atoms with Crippen LogP contribution in [0.3, 0.4) is 0 Å². The summed E-state index contributed by atoms with van der Waals surface area (Å²) >= 11 is 0. The number of nitrogens with two attached hydrogens (primary N) is 2. The number of nitrogens with one attached hydrogen (secondary N) is 1. The summed E-state index contributed by atoms with van der Waals surface area (Å²) in [7, 11) is 0. The number of fused-ring (bicyclic) bond motifs is 1. The Balaban J connectivity index is 2.90. The maximum absolute atomic E-state index is 6.10.